The quantitative estimate of drug-likeness (QED) is 0.613. The largest absolute Gasteiger partial charge is 0.417 e. The zero-order chi connectivity index (χ0) is 23.4. The third-order valence-corrected chi connectivity index (χ3v) is 6.73. The van der Waals surface area contributed by atoms with Gasteiger partial charge in [0.15, 0.2) is 0 Å². The Balaban J connectivity index is 1.26. The summed E-state index contributed by atoms with van der Waals surface area (Å²) in [5.74, 6) is 0.128. The Morgan fingerprint density at radius 3 is 2.36 bits per heavy atom. The number of hydrogen-bond acceptors (Lipinski definition) is 4. The maximum absolute atomic E-state index is 12.8. The van der Waals surface area contributed by atoms with Crippen LogP contribution in [0.4, 0.5) is 24.7 Å². The second-order valence-electron chi connectivity index (χ2n) is 8.77. The summed E-state index contributed by atoms with van der Waals surface area (Å²) in [7, 11) is 0. The Kier molecular flexibility index (Phi) is 7.44. The Labute approximate surface area is 196 Å². The van der Waals surface area contributed by atoms with E-state index in [4.69, 9.17) is 11.6 Å². The van der Waals surface area contributed by atoms with E-state index in [0.29, 0.717) is 31.7 Å². The molecule has 178 valence electrons. The Morgan fingerprint density at radius 1 is 1.09 bits per heavy atom. The van der Waals surface area contributed by atoms with E-state index >= 15 is 0 Å². The molecule has 2 aliphatic rings. The highest BCUT2D eigenvalue weighted by Crippen LogP contribution is 2.34. The summed E-state index contributed by atoms with van der Waals surface area (Å²) in [5, 5.41) is 2.96. The molecule has 0 atom stereocenters. The molecular formula is C24H28ClF3N4O. The van der Waals surface area contributed by atoms with Crippen LogP contribution in [-0.4, -0.2) is 48.5 Å². The molecule has 1 N–H and O–H groups in total. The zero-order valence-electron chi connectivity index (χ0n) is 18.4. The van der Waals surface area contributed by atoms with Crippen molar-refractivity contribution in [3.05, 3.63) is 52.7 Å². The first-order valence-electron chi connectivity index (χ1n) is 11.4. The minimum Gasteiger partial charge on any atom is -0.355 e. The normalized spacial score (nSPS) is 18.0. The number of halogens is 4. The average molecular weight is 481 g/mol. The summed E-state index contributed by atoms with van der Waals surface area (Å²) in [6.07, 6.45) is 1.07. The van der Waals surface area contributed by atoms with Crippen LogP contribution in [0.1, 0.15) is 36.8 Å². The number of alkyl halides is 3. The van der Waals surface area contributed by atoms with Crippen molar-refractivity contribution in [2.75, 3.05) is 42.9 Å². The molecule has 1 aromatic heterocycles. The molecule has 0 aliphatic carbocycles. The predicted molar refractivity (Wildman–Crippen MR) is 124 cm³/mol. The minimum atomic E-state index is -4.48. The molecule has 2 fully saturated rings. The van der Waals surface area contributed by atoms with Crippen molar-refractivity contribution >= 4 is 29.0 Å². The van der Waals surface area contributed by atoms with Crippen molar-refractivity contribution in [3.63, 3.8) is 0 Å². The number of carbonyl (C=O) groups is 1. The van der Waals surface area contributed by atoms with E-state index in [1.165, 1.54) is 31.5 Å². The second-order valence-corrected chi connectivity index (χ2v) is 9.18. The fourth-order valence-corrected chi connectivity index (χ4v) is 4.75. The molecule has 0 radical (unpaired) electrons. The smallest absolute Gasteiger partial charge is 0.355 e. The van der Waals surface area contributed by atoms with E-state index in [9.17, 15) is 18.0 Å². The maximum atomic E-state index is 12.8. The van der Waals surface area contributed by atoms with Crippen molar-refractivity contribution in [2.45, 2.75) is 38.3 Å². The average Bonchev–Trinajstić information content (AvgIpc) is 3.32. The topological polar surface area (TPSA) is 48.5 Å². The Hall–Kier alpha value is -2.32. The molecule has 1 aromatic carbocycles. The number of amides is 1. The number of aromatic nitrogens is 1. The lowest BCUT2D eigenvalue weighted by Crippen LogP contribution is -2.38. The molecule has 3 heterocycles. The summed E-state index contributed by atoms with van der Waals surface area (Å²) in [6, 6.07) is 8.91. The van der Waals surface area contributed by atoms with Gasteiger partial charge >= 0.3 is 6.18 Å². The molecule has 9 heteroatoms. The molecule has 33 heavy (non-hydrogen) atoms. The maximum Gasteiger partial charge on any atom is 0.417 e. The second kappa shape index (κ2) is 10.3. The lowest BCUT2D eigenvalue weighted by atomic mass is 9.95. The third kappa shape index (κ3) is 6.18. The van der Waals surface area contributed by atoms with Gasteiger partial charge in [0, 0.05) is 37.4 Å². The summed E-state index contributed by atoms with van der Waals surface area (Å²) >= 11 is 6.06. The standard InChI is InChI=1S/C24H28ClF3N4O/c25-21-15-19(24(26,27)28)16-29-22(21)32-13-8-18(9-14-32)23(33)30-20-5-3-17(4-6-20)7-12-31-10-1-2-11-31/h3-6,15-16,18H,1-2,7-14H2,(H,30,33). The Morgan fingerprint density at radius 2 is 1.76 bits per heavy atom. The number of nitrogens with one attached hydrogen (secondary N) is 1. The first-order valence-corrected chi connectivity index (χ1v) is 11.8. The van der Waals surface area contributed by atoms with Crippen LogP contribution >= 0.6 is 11.6 Å². The number of benzene rings is 1. The number of likely N-dealkylation sites (tertiary alicyclic amines) is 1. The predicted octanol–water partition coefficient (Wildman–Crippen LogP) is 5.25. The van der Waals surface area contributed by atoms with Crippen molar-refractivity contribution < 1.29 is 18.0 Å². The molecule has 2 saturated heterocycles. The monoisotopic (exact) mass is 480 g/mol. The van der Waals surface area contributed by atoms with Crippen LogP contribution in [0, 0.1) is 5.92 Å². The number of nitrogens with zero attached hydrogens (tertiary/aromatic N) is 3. The van der Waals surface area contributed by atoms with Gasteiger partial charge in [0.2, 0.25) is 5.91 Å². The van der Waals surface area contributed by atoms with Gasteiger partial charge in [-0.3, -0.25) is 4.79 Å². The van der Waals surface area contributed by atoms with Crippen LogP contribution < -0.4 is 10.2 Å². The van der Waals surface area contributed by atoms with Gasteiger partial charge < -0.3 is 15.1 Å². The fourth-order valence-electron chi connectivity index (χ4n) is 4.46. The summed E-state index contributed by atoms with van der Waals surface area (Å²) in [5.41, 5.74) is 1.17. The molecule has 2 aliphatic heterocycles. The SMILES string of the molecule is O=C(Nc1ccc(CCN2CCCC2)cc1)C1CCN(c2ncc(C(F)(F)F)cc2Cl)CC1. The van der Waals surface area contributed by atoms with E-state index in [1.807, 2.05) is 17.0 Å². The molecular weight excluding hydrogens is 453 g/mol. The van der Waals surface area contributed by atoms with E-state index in [1.54, 1.807) is 0 Å². The Bertz CT molecular complexity index is 953. The first-order chi connectivity index (χ1) is 15.8. The number of rotatable bonds is 6. The molecule has 0 unspecified atom stereocenters. The van der Waals surface area contributed by atoms with Gasteiger partial charge in [-0.15, -0.1) is 0 Å². The molecule has 4 rings (SSSR count). The van der Waals surface area contributed by atoms with Gasteiger partial charge in [-0.2, -0.15) is 13.2 Å². The molecule has 0 spiro atoms. The van der Waals surface area contributed by atoms with E-state index < -0.39 is 11.7 Å². The lowest BCUT2D eigenvalue weighted by molar-refractivity contribution is -0.137. The van der Waals surface area contributed by atoms with Gasteiger partial charge in [0.25, 0.3) is 0 Å². The van der Waals surface area contributed by atoms with Crippen molar-refractivity contribution in [2.24, 2.45) is 5.92 Å². The van der Waals surface area contributed by atoms with Crippen LogP contribution in [0.2, 0.25) is 5.02 Å². The van der Waals surface area contributed by atoms with Crippen LogP contribution in [0.3, 0.4) is 0 Å². The number of carbonyl (C=O) groups excluding carboxylic acids is 1. The molecule has 0 saturated carbocycles. The third-order valence-electron chi connectivity index (χ3n) is 6.45. The summed E-state index contributed by atoms with van der Waals surface area (Å²) in [4.78, 5) is 21.0. The van der Waals surface area contributed by atoms with E-state index in [2.05, 4.69) is 27.3 Å². The highest BCUT2D eigenvalue weighted by atomic mass is 35.5. The van der Waals surface area contributed by atoms with Gasteiger partial charge in [0.1, 0.15) is 5.82 Å². The summed E-state index contributed by atoms with van der Waals surface area (Å²) in [6.45, 7) is 4.46. The number of hydrogen-bond donors (Lipinski definition) is 1. The van der Waals surface area contributed by atoms with Gasteiger partial charge in [-0.05, 0) is 69.0 Å². The van der Waals surface area contributed by atoms with Crippen molar-refractivity contribution in [1.82, 2.24) is 9.88 Å². The van der Waals surface area contributed by atoms with Crippen LogP contribution in [0.15, 0.2) is 36.5 Å². The molecule has 5 nitrogen and oxygen atoms in total. The number of piperidine rings is 1. The van der Waals surface area contributed by atoms with Gasteiger partial charge in [-0.25, -0.2) is 4.98 Å². The first kappa shape index (κ1) is 23.8. The van der Waals surface area contributed by atoms with Crippen LogP contribution in [0.25, 0.3) is 0 Å². The van der Waals surface area contributed by atoms with Crippen molar-refractivity contribution in [3.8, 4) is 0 Å². The highest BCUT2D eigenvalue weighted by Gasteiger charge is 2.33. The molecule has 0 bridgehead atoms. The van der Waals surface area contributed by atoms with Crippen molar-refractivity contribution in [1.29, 1.82) is 0 Å². The lowest BCUT2D eigenvalue weighted by Gasteiger charge is -2.32. The van der Waals surface area contributed by atoms with Gasteiger partial charge in [0.05, 0.1) is 10.6 Å². The summed E-state index contributed by atoms with van der Waals surface area (Å²) < 4.78 is 38.5. The zero-order valence-corrected chi connectivity index (χ0v) is 19.1. The minimum absolute atomic E-state index is 0.0300. The highest BCUT2D eigenvalue weighted by molar-refractivity contribution is 6.33. The van der Waals surface area contributed by atoms with E-state index in [-0.39, 0.29) is 16.8 Å². The number of pyridine rings is 1. The molecule has 2 aromatic rings. The molecule has 1 amide bonds. The van der Waals surface area contributed by atoms with Crippen LogP contribution in [-0.2, 0) is 17.4 Å². The fraction of sp³-hybridized carbons (Fsp3) is 0.500. The number of anilines is 2. The van der Waals surface area contributed by atoms with E-state index in [0.717, 1.165) is 30.9 Å². The van der Waals surface area contributed by atoms with Gasteiger partial charge in [-0.1, -0.05) is 23.7 Å². The van der Waals surface area contributed by atoms with Crippen LogP contribution in [0.5, 0.6) is 0 Å².